The zero-order valence-electron chi connectivity index (χ0n) is 8.88. The Morgan fingerprint density at radius 3 is 2.46 bits per heavy atom. The summed E-state index contributed by atoms with van der Waals surface area (Å²) < 4.78 is 5.56. The monoisotopic (exact) mass is 203 g/mol. The summed E-state index contributed by atoms with van der Waals surface area (Å²) in [6.45, 7) is 8.29. The van der Waals surface area contributed by atoms with E-state index >= 15 is 0 Å². The molecule has 1 fully saturated rings. The lowest BCUT2D eigenvalue weighted by atomic mass is 10.2. The third kappa shape index (κ3) is 4.89. The normalized spacial score (nSPS) is 20.3. The van der Waals surface area contributed by atoms with Crippen LogP contribution in [0.25, 0.3) is 0 Å². The minimum atomic E-state index is 0.504. The third-order valence-corrected chi connectivity index (χ3v) is 3.25. The second kappa shape index (κ2) is 5.89. The number of hydrogen-bond donors (Lipinski definition) is 1. The molecule has 0 amide bonds. The number of rotatable bonds is 6. The van der Waals surface area contributed by atoms with Crippen LogP contribution < -0.4 is 5.32 Å². The highest BCUT2D eigenvalue weighted by atomic mass is 32.2. The summed E-state index contributed by atoms with van der Waals surface area (Å²) in [5, 5.41) is 3.54. The first-order chi connectivity index (χ1) is 6.18. The molecule has 2 nitrogen and oxygen atoms in total. The SMILES string of the molecule is CC(C)COCC(C)NC1CSC1. The Hall–Kier alpha value is 0.270. The summed E-state index contributed by atoms with van der Waals surface area (Å²) >= 11 is 2.01. The lowest BCUT2D eigenvalue weighted by Crippen LogP contribution is -2.46. The van der Waals surface area contributed by atoms with Gasteiger partial charge in [-0.05, 0) is 12.8 Å². The predicted molar refractivity (Wildman–Crippen MR) is 59.4 cm³/mol. The first-order valence-corrected chi connectivity index (χ1v) is 6.25. The number of thioether (sulfide) groups is 1. The van der Waals surface area contributed by atoms with Gasteiger partial charge in [0.25, 0.3) is 0 Å². The van der Waals surface area contributed by atoms with Crippen molar-refractivity contribution in [2.24, 2.45) is 5.92 Å². The Kier molecular flexibility index (Phi) is 5.14. The molecule has 0 saturated carbocycles. The Balaban J connectivity index is 1.93. The molecule has 1 atom stereocenters. The van der Waals surface area contributed by atoms with E-state index in [1.165, 1.54) is 11.5 Å². The van der Waals surface area contributed by atoms with Gasteiger partial charge in [-0.2, -0.15) is 11.8 Å². The van der Waals surface area contributed by atoms with Crippen LogP contribution in [0.1, 0.15) is 20.8 Å². The quantitative estimate of drug-likeness (QED) is 0.710. The Bertz CT molecular complexity index is 137. The molecule has 1 heterocycles. The van der Waals surface area contributed by atoms with Gasteiger partial charge in [0.05, 0.1) is 6.61 Å². The van der Waals surface area contributed by atoms with Gasteiger partial charge in [-0.15, -0.1) is 0 Å². The molecule has 1 rings (SSSR count). The molecule has 0 aromatic rings. The first-order valence-electron chi connectivity index (χ1n) is 5.10. The summed E-state index contributed by atoms with van der Waals surface area (Å²) in [7, 11) is 0. The fourth-order valence-corrected chi connectivity index (χ4v) is 1.93. The second-order valence-electron chi connectivity index (χ2n) is 4.23. The highest BCUT2D eigenvalue weighted by Gasteiger charge is 2.19. The third-order valence-electron chi connectivity index (χ3n) is 1.98. The molecule has 1 aliphatic heterocycles. The van der Waals surface area contributed by atoms with Crippen LogP contribution in [0.2, 0.25) is 0 Å². The van der Waals surface area contributed by atoms with E-state index in [0.29, 0.717) is 12.0 Å². The lowest BCUT2D eigenvalue weighted by molar-refractivity contribution is 0.0920. The lowest BCUT2D eigenvalue weighted by Gasteiger charge is -2.29. The first kappa shape index (κ1) is 11.3. The van der Waals surface area contributed by atoms with Gasteiger partial charge in [-0.25, -0.2) is 0 Å². The predicted octanol–water partition coefficient (Wildman–Crippen LogP) is 1.75. The van der Waals surface area contributed by atoms with Crippen LogP contribution in [-0.4, -0.2) is 36.8 Å². The average Bonchev–Trinajstić information content (AvgIpc) is 1.96. The molecular formula is C10H21NOS. The van der Waals surface area contributed by atoms with E-state index in [1.807, 2.05) is 11.8 Å². The van der Waals surface area contributed by atoms with E-state index < -0.39 is 0 Å². The van der Waals surface area contributed by atoms with Crippen molar-refractivity contribution in [3.63, 3.8) is 0 Å². The maximum absolute atomic E-state index is 5.56. The molecule has 78 valence electrons. The molecule has 1 aliphatic rings. The summed E-state index contributed by atoms with van der Waals surface area (Å²) in [6.07, 6.45) is 0. The average molecular weight is 203 g/mol. The number of hydrogen-bond acceptors (Lipinski definition) is 3. The Morgan fingerprint density at radius 1 is 1.31 bits per heavy atom. The van der Waals surface area contributed by atoms with Crippen molar-refractivity contribution in [3.05, 3.63) is 0 Å². The Labute approximate surface area is 85.8 Å². The molecule has 1 unspecified atom stereocenters. The van der Waals surface area contributed by atoms with Crippen molar-refractivity contribution in [1.29, 1.82) is 0 Å². The summed E-state index contributed by atoms with van der Waals surface area (Å²) in [6, 6.07) is 1.24. The van der Waals surface area contributed by atoms with E-state index in [4.69, 9.17) is 4.74 Å². The maximum atomic E-state index is 5.56. The standard InChI is InChI=1S/C10H21NOS/c1-8(2)4-12-5-9(3)11-10-6-13-7-10/h8-11H,4-7H2,1-3H3. The fraction of sp³-hybridized carbons (Fsp3) is 1.00. The summed E-state index contributed by atoms with van der Waals surface area (Å²) in [5.41, 5.74) is 0. The van der Waals surface area contributed by atoms with Crippen molar-refractivity contribution < 1.29 is 4.74 Å². The number of nitrogens with one attached hydrogen (secondary N) is 1. The van der Waals surface area contributed by atoms with E-state index in [-0.39, 0.29) is 0 Å². The zero-order valence-corrected chi connectivity index (χ0v) is 9.69. The van der Waals surface area contributed by atoms with Crippen LogP contribution in [0, 0.1) is 5.92 Å². The van der Waals surface area contributed by atoms with Gasteiger partial charge in [0.1, 0.15) is 0 Å². The van der Waals surface area contributed by atoms with Gasteiger partial charge in [0.15, 0.2) is 0 Å². The van der Waals surface area contributed by atoms with Crippen LogP contribution in [0.4, 0.5) is 0 Å². The van der Waals surface area contributed by atoms with Crippen LogP contribution in [0.15, 0.2) is 0 Å². The van der Waals surface area contributed by atoms with Crippen LogP contribution >= 0.6 is 11.8 Å². The van der Waals surface area contributed by atoms with E-state index in [2.05, 4.69) is 26.1 Å². The minimum Gasteiger partial charge on any atom is -0.380 e. The molecule has 3 heteroatoms. The molecule has 0 bridgehead atoms. The molecule has 0 radical (unpaired) electrons. The molecule has 13 heavy (non-hydrogen) atoms. The smallest absolute Gasteiger partial charge is 0.0617 e. The van der Waals surface area contributed by atoms with Gasteiger partial charge >= 0.3 is 0 Å². The topological polar surface area (TPSA) is 21.3 Å². The van der Waals surface area contributed by atoms with Crippen molar-refractivity contribution >= 4 is 11.8 Å². The molecule has 0 aromatic heterocycles. The molecule has 1 saturated heterocycles. The Morgan fingerprint density at radius 2 is 2.00 bits per heavy atom. The summed E-state index contributed by atoms with van der Waals surface area (Å²) in [5.74, 6) is 3.19. The van der Waals surface area contributed by atoms with Crippen LogP contribution in [0.5, 0.6) is 0 Å². The van der Waals surface area contributed by atoms with E-state index in [1.54, 1.807) is 0 Å². The molecule has 0 spiro atoms. The van der Waals surface area contributed by atoms with Crippen molar-refractivity contribution in [1.82, 2.24) is 5.32 Å². The minimum absolute atomic E-state index is 0.504. The van der Waals surface area contributed by atoms with Gasteiger partial charge < -0.3 is 10.1 Å². The van der Waals surface area contributed by atoms with Gasteiger partial charge in [0.2, 0.25) is 0 Å². The highest BCUT2D eigenvalue weighted by molar-refractivity contribution is 8.00. The zero-order chi connectivity index (χ0) is 9.68. The van der Waals surface area contributed by atoms with Gasteiger partial charge in [0, 0.05) is 30.2 Å². The van der Waals surface area contributed by atoms with Crippen molar-refractivity contribution in [3.8, 4) is 0 Å². The molecule has 0 aliphatic carbocycles. The van der Waals surface area contributed by atoms with Gasteiger partial charge in [-0.1, -0.05) is 13.8 Å². The van der Waals surface area contributed by atoms with E-state index in [0.717, 1.165) is 19.3 Å². The van der Waals surface area contributed by atoms with Crippen molar-refractivity contribution in [2.45, 2.75) is 32.9 Å². The molecule has 1 N–H and O–H groups in total. The molecule has 0 aromatic carbocycles. The maximum Gasteiger partial charge on any atom is 0.0617 e. The second-order valence-corrected chi connectivity index (χ2v) is 5.31. The number of ether oxygens (including phenoxy) is 1. The van der Waals surface area contributed by atoms with E-state index in [9.17, 15) is 0 Å². The fourth-order valence-electron chi connectivity index (χ4n) is 1.26. The van der Waals surface area contributed by atoms with Gasteiger partial charge in [-0.3, -0.25) is 0 Å². The van der Waals surface area contributed by atoms with Crippen LogP contribution in [-0.2, 0) is 4.74 Å². The summed E-state index contributed by atoms with van der Waals surface area (Å²) in [4.78, 5) is 0. The molecular weight excluding hydrogens is 182 g/mol. The van der Waals surface area contributed by atoms with Crippen molar-refractivity contribution in [2.75, 3.05) is 24.7 Å². The largest absolute Gasteiger partial charge is 0.380 e. The highest BCUT2D eigenvalue weighted by Crippen LogP contribution is 2.17. The van der Waals surface area contributed by atoms with Crippen LogP contribution in [0.3, 0.4) is 0 Å².